The van der Waals surface area contributed by atoms with Crippen LogP contribution < -0.4 is 10.1 Å². The Kier molecular flexibility index (Phi) is 3.22. The van der Waals surface area contributed by atoms with Crippen molar-refractivity contribution in [2.45, 2.75) is 32.0 Å². The zero-order chi connectivity index (χ0) is 14.2. The van der Waals surface area contributed by atoms with Crippen molar-refractivity contribution < 1.29 is 9.13 Å². The Balaban J connectivity index is 1.82. The minimum Gasteiger partial charge on any atom is -0.486 e. The predicted molar refractivity (Wildman–Crippen MR) is 77.1 cm³/mol. The lowest BCUT2D eigenvalue weighted by Crippen LogP contribution is -2.38. The molecule has 0 saturated carbocycles. The SMILES string of the molecule is CC1(C)Oc2ccccc2C1NCc1ccccc1F. The molecule has 3 heteroatoms. The Morgan fingerprint density at radius 1 is 1.10 bits per heavy atom. The molecule has 2 nitrogen and oxygen atoms in total. The third-order valence-electron chi connectivity index (χ3n) is 3.75. The van der Waals surface area contributed by atoms with Gasteiger partial charge in [0.2, 0.25) is 0 Å². The van der Waals surface area contributed by atoms with Gasteiger partial charge in [-0.1, -0.05) is 36.4 Å². The lowest BCUT2D eigenvalue weighted by Gasteiger charge is -2.27. The highest BCUT2D eigenvalue weighted by atomic mass is 19.1. The van der Waals surface area contributed by atoms with Crippen LogP contribution in [0.2, 0.25) is 0 Å². The second-order valence-corrected chi connectivity index (χ2v) is 5.65. The maximum Gasteiger partial charge on any atom is 0.127 e. The van der Waals surface area contributed by atoms with Gasteiger partial charge in [-0.25, -0.2) is 4.39 Å². The summed E-state index contributed by atoms with van der Waals surface area (Å²) in [5.74, 6) is 0.730. The van der Waals surface area contributed by atoms with E-state index < -0.39 is 0 Å². The first-order chi connectivity index (χ1) is 9.58. The van der Waals surface area contributed by atoms with Crippen LogP contribution in [0.25, 0.3) is 0 Å². The van der Waals surface area contributed by atoms with Crippen molar-refractivity contribution in [2.75, 3.05) is 0 Å². The van der Waals surface area contributed by atoms with Crippen LogP contribution in [0.1, 0.15) is 31.0 Å². The Labute approximate surface area is 118 Å². The van der Waals surface area contributed by atoms with Crippen LogP contribution in [-0.4, -0.2) is 5.60 Å². The standard InChI is InChI=1S/C17H18FNO/c1-17(2)16(13-8-4-6-10-15(13)20-17)19-11-12-7-3-5-9-14(12)18/h3-10,16,19H,11H2,1-2H3. The molecule has 0 radical (unpaired) electrons. The molecule has 1 aliphatic heterocycles. The maximum absolute atomic E-state index is 13.7. The zero-order valence-corrected chi connectivity index (χ0v) is 11.7. The average molecular weight is 271 g/mol. The van der Waals surface area contributed by atoms with Crippen molar-refractivity contribution in [3.8, 4) is 5.75 Å². The Hall–Kier alpha value is -1.87. The molecule has 0 saturated heterocycles. The first-order valence-corrected chi connectivity index (χ1v) is 6.83. The van der Waals surface area contributed by atoms with Crippen LogP contribution in [0.3, 0.4) is 0 Å². The van der Waals surface area contributed by atoms with E-state index in [4.69, 9.17) is 4.74 Å². The summed E-state index contributed by atoms with van der Waals surface area (Å²) < 4.78 is 19.7. The van der Waals surface area contributed by atoms with Gasteiger partial charge >= 0.3 is 0 Å². The van der Waals surface area contributed by atoms with Crippen molar-refractivity contribution in [1.29, 1.82) is 0 Å². The zero-order valence-electron chi connectivity index (χ0n) is 11.7. The summed E-state index contributed by atoms with van der Waals surface area (Å²) in [5, 5.41) is 3.42. The van der Waals surface area contributed by atoms with Gasteiger partial charge in [-0.3, -0.25) is 0 Å². The molecule has 104 valence electrons. The van der Waals surface area contributed by atoms with E-state index in [1.165, 1.54) is 6.07 Å². The second kappa shape index (κ2) is 4.91. The summed E-state index contributed by atoms with van der Waals surface area (Å²) in [7, 11) is 0. The molecule has 20 heavy (non-hydrogen) atoms. The molecule has 2 aromatic rings. The summed E-state index contributed by atoms with van der Waals surface area (Å²) in [6, 6.07) is 14.9. The fourth-order valence-corrected chi connectivity index (χ4v) is 2.74. The molecular formula is C17H18FNO. The van der Waals surface area contributed by atoms with E-state index in [9.17, 15) is 4.39 Å². The largest absolute Gasteiger partial charge is 0.486 e. The van der Waals surface area contributed by atoms with E-state index in [1.54, 1.807) is 12.1 Å². The summed E-state index contributed by atoms with van der Waals surface area (Å²) in [4.78, 5) is 0. The van der Waals surface area contributed by atoms with Gasteiger partial charge in [-0.15, -0.1) is 0 Å². The molecule has 0 aromatic heterocycles. The van der Waals surface area contributed by atoms with Crippen LogP contribution in [0, 0.1) is 5.82 Å². The number of rotatable bonds is 3. The molecule has 0 amide bonds. The molecule has 0 fully saturated rings. The van der Waals surface area contributed by atoms with Gasteiger partial charge < -0.3 is 10.1 Å². The van der Waals surface area contributed by atoms with Gasteiger partial charge in [0.1, 0.15) is 17.2 Å². The Morgan fingerprint density at radius 2 is 1.80 bits per heavy atom. The number of ether oxygens (including phenoxy) is 1. The summed E-state index contributed by atoms with van der Waals surface area (Å²) in [5.41, 5.74) is 1.47. The molecule has 0 bridgehead atoms. The third-order valence-corrected chi connectivity index (χ3v) is 3.75. The van der Waals surface area contributed by atoms with Crippen molar-refractivity contribution in [3.63, 3.8) is 0 Å². The number of hydrogen-bond donors (Lipinski definition) is 1. The highest BCUT2D eigenvalue weighted by Crippen LogP contribution is 2.42. The molecule has 3 rings (SSSR count). The fraction of sp³-hybridized carbons (Fsp3) is 0.294. The Morgan fingerprint density at radius 3 is 2.60 bits per heavy atom. The maximum atomic E-state index is 13.7. The van der Waals surface area contributed by atoms with Crippen LogP contribution in [-0.2, 0) is 6.54 Å². The topological polar surface area (TPSA) is 21.3 Å². The van der Waals surface area contributed by atoms with Crippen LogP contribution in [0.5, 0.6) is 5.75 Å². The van der Waals surface area contributed by atoms with Crippen LogP contribution in [0.15, 0.2) is 48.5 Å². The van der Waals surface area contributed by atoms with E-state index in [0.29, 0.717) is 12.1 Å². The van der Waals surface area contributed by atoms with Gasteiger partial charge in [0.05, 0.1) is 6.04 Å². The highest BCUT2D eigenvalue weighted by molar-refractivity contribution is 5.42. The van der Waals surface area contributed by atoms with Gasteiger partial charge in [0.15, 0.2) is 0 Å². The number of benzene rings is 2. The number of halogens is 1. The van der Waals surface area contributed by atoms with E-state index >= 15 is 0 Å². The van der Waals surface area contributed by atoms with Crippen LogP contribution in [0.4, 0.5) is 4.39 Å². The molecule has 0 aliphatic carbocycles. The molecule has 1 heterocycles. The molecule has 1 unspecified atom stereocenters. The van der Waals surface area contributed by atoms with E-state index in [2.05, 4.69) is 11.4 Å². The third kappa shape index (κ3) is 2.29. The molecule has 0 spiro atoms. The average Bonchev–Trinajstić information content (AvgIpc) is 2.68. The van der Waals surface area contributed by atoms with Gasteiger partial charge in [-0.05, 0) is 26.0 Å². The van der Waals surface area contributed by atoms with Crippen molar-refractivity contribution >= 4 is 0 Å². The summed E-state index contributed by atoms with van der Waals surface area (Å²) in [6.45, 7) is 4.58. The minimum absolute atomic E-state index is 0.0540. The van der Waals surface area contributed by atoms with Crippen LogP contribution >= 0.6 is 0 Å². The van der Waals surface area contributed by atoms with Gasteiger partial charge in [0.25, 0.3) is 0 Å². The smallest absolute Gasteiger partial charge is 0.127 e. The van der Waals surface area contributed by atoms with E-state index in [-0.39, 0.29) is 17.5 Å². The molecule has 1 N–H and O–H groups in total. The van der Waals surface area contributed by atoms with E-state index in [0.717, 1.165) is 11.3 Å². The van der Waals surface area contributed by atoms with Crippen molar-refractivity contribution in [2.24, 2.45) is 0 Å². The lowest BCUT2D eigenvalue weighted by atomic mass is 9.94. The summed E-state index contributed by atoms with van der Waals surface area (Å²) >= 11 is 0. The number of para-hydroxylation sites is 1. The lowest BCUT2D eigenvalue weighted by molar-refractivity contribution is 0.0956. The highest BCUT2D eigenvalue weighted by Gasteiger charge is 2.40. The van der Waals surface area contributed by atoms with Crippen molar-refractivity contribution in [1.82, 2.24) is 5.32 Å². The Bertz CT molecular complexity index is 624. The minimum atomic E-state index is -0.338. The number of fused-ring (bicyclic) bond motifs is 1. The normalized spacial score (nSPS) is 19.4. The molecular weight excluding hydrogens is 253 g/mol. The molecule has 2 aromatic carbocycles. The first kappa shape index (κ1) is 13.1. The monoisotopic (exact) mass is 271 g/mol. The molecule has 1 atom stereocenters. The first-order valence-electron chi connectivity index (χ1n) is 6.83. The van der Waals surface area contributed by atoms with E-state index in [1.807, 2.05) is 38.1 Å². The van der Waals surface area contributed by atoms with Crippen molar-refractivity contribution in [3.05, 3.63) is 65.5 Å². The van der Waals surface area contributed by atoms with Gasteiger partial charge in [0, 0.05) is 17.7 Å². The predicted octanol–water partition coefficient (Wildman–Crippen LogP) is 3.83. The molecule has 1 aliphatic rings. The fourth-order valence-electron chi connectivity index (χ4n) is 2.74. The second-order valence-electron chi connectivity index (χ2n) is 5.65. The number of nitrogens with one attached hydrogen (secondary N) is 1. The van der Waals surface area contributed by atoms with Gasteiger partial charge in [-0.2, -0.15) is 0 Å². The summed E-state index contributed by atoms with van der Waals surface area (Å²) in [6.07, 6.45) is 0. The quantitative estimate of drug-likeness (QED) is 0.916. The number of hydrogen-bond acceptors (Lipinski definition) is 2.